The van der Waals surface area contributed by atoms with Crippen LogP contribution >= 0.6 is 11.8 Å². The quantitative estimate of drug-likeness (QED) is 0.201. The smallest absolute Gasteiger partial charge is 0.241 e. The van der Waals surface area contributed by atoms with E-state index in [1.54, 1.807) is 29.0 Å². The number of ether oxygens (including phenoxy) is 1. The Bertz CT molecular complexity index is 2040. The number of carbonyl (C=O) groups excluding carboxylic acids is 2. The number of nitrogens with one attached hydrogen (secondary N) is 2. The maximum absolute atomic E-state index is 13.8. The fourth-order valence-electron chi connectivity index (χ4n) is 6.58. The second-order valence-corrected chi connectivity index (χ2v) is 14.3. The minimum absolute atomic E-state index is 0.0379. The van der Waals surface area contributed by atoms with Crippen molar-refractivity contribution in [1.29, 1.82) is 0 Å². The first-order valence-corrected chi connectivity index (χ1v) is 18.1. The van der Waals surface area contributed by atoms with E-state index in [4.69, 9.17) is 4.74 Å². The molecule has 5 aromatic rings. The lowest BCUT2D eigenvalue weighted by molar-refractivity contribution is -0.132. The Morgan fingerprint density at radius 3 is 2.52 bits per heavy atom. The number of carbonyl (C=O) groups is 2. The lowest BCUT2D eigenvalue weighted by atomic mass is 9.98. The fourth-order valence-corrected chi connectivity index (χ4v) is 7.42. The molecule has 2 aliphatic heterocycles. The second-order valence-electron chi connectivity index (χ2n) is 13.1. The number of anilines is 1. The van der Waals surface area contributed by atoms with Gasteiger partial charge in [-0.1, -0.05) is 30.3 Å². The summed E-state index contributed by atoms with van der Waals surface area (Å²) in [5.41, 5.74) is 6.52. The van der Waals surface area contributed by atoms with Crippen molar-refractivity contribution in [2.45, 2.75) is 37.5 Å². The van der Waals surface area contributed by atoms with Crippen molar-refractivity contribution >= 4 is 45.7 Å². The minimum atomic E-state index is -0.656. The highest BCUT2D eigenvalue weighted by molar-refractivity contribution is 8.00. The Balaban J connectivity index is 0.955. The molecule has 13 heteroatoms. The normalized spacial score (nSPS) is 18.1. The summed E-state index contributed by atoms with van der Waals surface area (Å²) in [5.74, 6) is 1.30. The van der Waals surface area contributed by atoms with E-state index < -0.39 is 4.75 Å². The molecule has 258 valence electrons. The maximum atomic E-state index is 13.8. The first-order chi connectivity index (χ1) is 24.2. The number of hydrogen-bond donors (Lipinski definition) is 2. The van der Waals surface area contributed by atoms with Gasteiger partial charge in [0.25, 0.3) is 0 Å². The molecular weight excluding hydrogens is 651 g/mol. The van der Waals surface area contributed by atoms with E-state index >= 15 is 0 Å². The third-order valence-electron chi connectivity index (χ3n) is 9.34. The Morgan fingerprint density at radius 2 is 1.84 bits per heavy atom. The number of likely N-dealkylation sites (tertiary alicyclic amines) is 1. The van der Waals surface area contributed by atoms with Gasteiger partial charge in [0.05, 0.1) is 18.2 Å². The summed E-state index contributed by atoms with van der Waals surface area (Å²) in [6.45, 7) is 6.65. The highest BCUT2D eigenvalue weighted by atomic mass is 32.2. The monoisotopic (exact) mass is 691 g/mol. The van der Waals surface area contributed by atoms with Crippen LogP contribution in [0.5, 0.6) is 5.88 Å². The van der Waals surface area contributed by atoms with Crippen LogP contribution in [0, 0.1) is 0 Å². The number of pyridine rings is 1. The fraction of sp³-hybridized carbons (Fsp3) is 0.351. The van der Waals surface area contributed by atoms with Crippen LogP contribution in [0.4, 0.5) is 5.69 Å². The zero-order chi connectivity index (χ0) is 34.8. The van der Waals surface area contributed by atoms with E-state index in [2.05, 4.69) is 53.7 Å². The first-order valence-electron chi connectivity index (χ1n) is 16.8. The van der Waals surface area contributed by atoms with Crippen molar-refractivity contribution in [1.82, 2.24) is 39.7 Å². The number of amides is 2. The maximum Gasteiger partial charge on any atom is 0.241 e. The number of rotatable bonds is 10. The van der Waals surface area contributed by atoms with Gasteiger partial charge in [-0.2, -0.15) is 10.2 Å². The summed E-state index contributed by atoms with van der Waals surface area (Å²) < 4.78 is 6.72. The van der Waals surface area contributed by atoms with E-state index in [1.807, 2.05) is 74.5 Å². The van der Waals surface area contributed by atoms with Gasteiger partial charge in [0, 0.05) is 67.7 Å². The SMILES string of the molecule is CS[C@@]1(C(=O)Nc2ccc3[nH]nc(-c4ccc(OC(C)C)nc4)c3c2)CCN(CC(=O)N2CC=C(c3ccc(-c4ncn(C)n4)cc3)CC2)C1. The Labute approximate surface area is 295 Å². The van der Waals surface area contributed by atoms with Crippen molar-refractivity contribution in [2.75, 3.05) is 44.3 Å². The van der Waals surface area contributed by atoms with Gasteiger partial charge in [0.2, 0.25) is 17.7 Å². The average molecular weight is 692 g/mol. The van der Waals surface area contributed by atoms with Gasteiger partial charge in [-0.3, -0.25) is 24.3 Å². The molecule has 2 aromatic carbocycles. The van der Waals surface area contributed by atoms with Crippen LogP contribution in [-0.2, 0) is 16.6 Å². The topological polar surface area (TPSA) is 134 Å². The third kappa shape index (κ3) is 7.01. The van der Waals surface area contributed by atoms with Crippen molar-refractivity contribution in [3.8, 4) is 28.5 Å². The summed E-state index contributed by atoms with van der Waals surface area (Å²) in [6, 6.07) is 17.8. The van der Waals surface area contributed by atoms with Crippen molar-refractivity contribution in [3.63, 3.8) is 0 Å². The Hall–Kier alpha value is -5.01. The lowest BCUT2D eigenvalue weighted by Gasteiger charge is -2.29. The molecule has 3 aromatic heterocycles. The van der Waals surface area contributed by atoms with Crippen LogP contribution in [-0.4, -0.2) is 101 Å². The van der Waals surface area contributed by atoms with E-state index in [-0.39, 0.29) is 17.9 Å². The molecule has 0 unspecified atom stereocenters. The number of aromatic nitrogens is 6. The van der Waals surface area contributed by atoms with Gasteiger partial charge in [0.15, 0.2) is 5.82 Å². The van der Waals surface area contributed by atoms with E-state index in [0.29, 0.717) is 56.5 Å². The largest absolute Gasteiger partial charge is 0.475 e. The number of aryl methyl sites for hydroxylation is 1. The molecule has 0 aliphatic carbocycles. The number of hydrogen-bond acceptors (Lipinski definition) is 9. The van der Waals surface area contributed by atoms with Gasteiger partial charge < -0.3 is 15.0 Å². The molecule has 50 heavy (non-hydrogen) atoms. The van der Waals surface area contributed by atoms with Crippen molar-refractivity contribution in [2.24, 2.45) is 7.05 Å². The van der Waals surface area contributed by atoms with Crippen molar-refractivity contribution in [3.05, 3.63) is 78.8 Å². The molecule has 2 amide bonds. The standard InChI is InChI=1S/C37H41N9O3S/c1-24(2)49-32-12-9-28(20-38-32)34-30-19-29(10-11-31(30)41-42-34)40-36(48)37(50-4)15-18-45(22-37)21-33(47)46-16-13-26(14-17-46)25-5-7-27(8-6-25)35-39-23-44(3)43-35/h5-13,19-20,23-24H,14-18,21-22H2,1-4H3,(H,40,48)(H,41,42)/t37-/m0/s1. The zero-order valence-electron chi connectivity index (χ0n) is 28.7. The lowest BCUT2D eigenvalue weighted by Crippen LogP contribution is -2.45. The average Bonchev–Trinajstić information content (AvgIpc) is 3.87. The van der Waals surface area contributed by atoms with Gasteiger partial charge in [0.1, 0.15) is 16.8 Å². The van der Waals surface area contributed by atoms with Crippen LogP contribution in [0.2, 0.25) is 0 Å². The highest BCUT2D eigenvalue weighted by Crippen LogP contribution is 2.36. The molecule has 0 saturated carbocycles. The number of H-pyrrole nitrogens is 1. The summed E-state index contributed by atoms with van der Waals surface area (Å²) in [5, 5.41) is 16.0. The minimum Gasteiger partial charge on any atom is -0.475 e. The highest BCUT2D eigenvalue weighted by Gasteiger charge is 2.44. The molecule has 1 saturated heterocycles. The van der Waals surface area contributed by atoms with E-state index in [1.165, 1.54) is 5.57 Å². The summed E-state index contributed by atoms with van der Waals surface area (Å²) >= 11 is 1.55. The number of fused-ring (bicyclic) bond motifs is 1. The molecule has 2 N–H and O–H groups in total. The van der Waals surface area contributed by atoms with Crippen molar-refractivity contribution < 1.29 is 14.3 Å². The first kappa shape index (κ1) is 33.5. The zero-order valence-corrected chi connectivity index (χ0v) is 29.5. The number of aromatic amines is 1. The molecule has 5 heterocycles. The predicted molar refractivity (Wildman–Crippen MR) is 197 cm³/mol. The van der Waals surface area contributed by atoms with Gasteiger partial charge in [-0.25, -0.2) is 9.97 Å². The van der Waals surface area contributed by atoms with E-state index in [9.17, 15) is 9.59 Å². The molecule has 0 radical (unpaired) electrons. The predicted octanol–water partition coefficient (Wildman–Crippen LogP) is 5.27. The summed E-state index contributed by atoms with van der Waals surface area (Å²) in [6.07, 6.45) is 9.05. The summed E-state index contributed by atoms with van der Waals surface area (Å²) in [7, 11) is 1.86. The number of thioether (sulfide) groups is 1. The molecule has 2 aliphatic rings. The van der Waals surface area contributed by atoms with Gasteiger partial charge in [-0.05, 0) is 68.3 Å². The van der Waals surface area contributed by atoms with Gasteiger partial charge in [-0.15, -0.1) is 11.8 Å². The molecule has 7 rings (SSSR count). The summed E-state index contributed by atoms with van der Waals surface area (Å²) in [4.78, 5) is 40.0. The molecular formula is C37H41N9O3S. The Kier molecular flexibility index (Phi) is 9.43. The second kappa shape index (κ2) is 14.1. The molecule has 1 fully saturated rings. The molecule has 0 bridgehead atoms. The number of benzene rings is 2. The van der Waals surface area contributed by atoms with E-state index in [0.717, 1.165) is 39.7 Å². The molecule has 1 atom stereocenters. The van der Waals surface area contributed by atoms with Crippen LogP contribution in [0.3, 0.4) is 0 Å². The third-order valence-corrected chi connectivity index (χ3v) is 10.6. The van der Waals surface area contributed by atoms with Crippen LogP contribution in [0.15, 0.2) is 73.2 Å². The van der Waals surface area contributed by atoms with Gasteiger partial charge >= 0.3 is 0 Å². The Morgan fingerprint density at radius 1 is 1.04 bits per heavy atom. The van der Waals surface area contributed by atoms with Crippen LogP contribution < -0.4 is 10.1 Å². The molecule has 0 spiro atoms. The van der Waals surface area contributed by atoms with Crippen LogP contribution in [0.1, 0.15) is 32.3 Å². The molecule has 12 nitrogen and oxygen atoms in total. The van der Waals surface area contributed by atoms with Crippen LogP contribution in [0.25, 0.3) is 39.1 Å². The number of nitrogens with zero attached hydrogens (tertiary/aromatic N) is 7.